The fourth-order valence-corrected chi connectivity index (χ4v) is 0.642. The minimum absolute atomic E-state index is 0.338. The molecule has 1 fully saturated rings. The van der Waals surface area contributed by atoms with E-state index >= 15 is 0 Å². The summed E-state index contributed by atoms with van der Waals surface area (Å²) in [7, 11) is 0. The lowest BCUT2D eigenvalue weighted by Gasteiger charge is -2.23. The van der Waals surface area contributed by atoms with Crippen LogP contribution in [0.5, 0.6) is 0 Å². The second-order valence-electron chi connectivity index (χ2n) is 1.71. The van der Waals surface area contributed by atoms with Crippen LogP contribution in [0.3, 0.4) is 0 Å². The smallest absolute Gasteiger partial charge is 0.0800 e. The molecular weight excluding hydrogens is 122 g/mol. The lowest BCUT2D eigenvalue weighted by Crippen LogP contribution is -2.29. The molecule has 0 aromatic carbocycles. The van der Waals surface area contributed by atoms with Crippen LogP contribution in [0.2, 0.25) is 0 Å². The number of ether oxygens (including phenoxy) is 1. The van der Waals surface area contributed by atoms with E-state index in [0.717, 1.165) is 13.0 Å². The Morgan fingerprint density at radius 3 is 3.00 bits per heavy atom. The summed E-state index contributed by atoms with van der Waals surface area (Å²) >= 11 is 4.37. The maximum Gasteiger partial charge on any atom is 0.0800 e. The van der Waals surface area contributed by atoms with Crippen LogP contribution in [-0.4, -0.2) is 24.4 Å². The average Bonchev–Trinajstić information content (AvgIpc) is 1.63. The van der Waals surface area contributed by atoms with E-state index < -0.39 is 0 Å². The van der Waals surface area contributed by atoms with Gasteiger partial charge in [0.2, 0.25) is 0 Å². The number of rotatable bonds is 2. The van der Waals surface area contributed by atoms with Crippen LogP contribution in [0.1, 0.15) is 6.42 Å². The molecule has 0 unspecified atom stereocenters. The third-order valence-electron chi connectivity index (χ3n) is 1.15. The number of isothiocyanates is 1. The van der Waals surface area contributed by atoms with E-state index in [-0.39, 0.29) is 0 Å². The Kier molecular flexibility index (Phi) is 2.15. The zero-order valence-corrected chi connectivity index (χ0v) is 5.28. The van der Waals surface area contributed by atoms with Crippen LogP contribution in [0.25, 0.3) is 0 Å². The van der Waals surface area contributed by atoms with Gasteiger partial charge < -0.3 is 4.74 Å². The predicted molar refractivity (Wildman–Crippen MR) is 34.2 cm³/mol. The standard InChI is InChI=1S/C5H7NOS/c8-4-6-3-5-1-2-7-5/h5H,1-3H2/t5-/m0/s1. The van der Waals surface area contributed by atoms with E-state index in [2.05, 4.69) is 22.4 Å². The molecule has 1 aliphatic heterocycles. The summed E-state index contributed by atoms with van der Waals surface area (Å²) in [5.74, 6) is 0. The van der Waals surface area contributed by atoms with Crippen LogP contribution in [-0.2, 0) is 4.74 Å². The minimum atomic E-state index is 0.338. The monoisotopic (exact) mass is 129 g/mol. The van der Waals surface area contributed by atoms with Crippen molar-refractivity contribution in [2.45, 2.75) is 12.5 Å². The maximum absolute atomic E-state index is 5.05. The summed E-state index contributed by atoms with van der Waals surface area (Å²) in [4.78, 5) is 3.73. The minimum Gasteiger partial charge on any atom is -0.376 e. The van der Waals surface area contributed by atoms with Gasteiger partial charge in [0.1, 0.15) is 0 Å². The molecule has 0 bridgehead atoms. The number of hydrogen-bond acceptors (Lipinski definition) is 3. The molecule has 0 aromatic rings. The quantitative estimate of drug-likeness (QED) is 0.407. The molecule has 1 atom stereocenters. The van der Waals surface area contributed by atoms with Crippen molar-refractivity contribution >= 4 is 17.4 Å². The summed E-state index contributed by atoms with van der Waals surface area (Å²) in [6, 6.07) is 0. The zero-order chi connectivity index (χ0) is 5.82. The molecule has 0 N–H and O–H groups in total. The van der Waals surface area contributed by atoms with Gasteiger partial charge in [-0.05, 0) is 18.6 Å². The van der Waals surface area contributed by atoms with Crippen molar-refractivity contribution in [2.24, 2.45) is 4.99 Å². The summed E-state index contributed by atoms with van der Waals surface area (Å²) in [5, 5.41) is 2.30. The van der Waals surface area contributed by atoms with Gasteiger partial charge in [-0.2, -0.15) is 0 Å². The summed E-state index contributed by atoms with van der Waals surface area (Å²) < 4.78 is 5.05. The summed E-state index contributed by atoms with van der Waals surface area (Å²) in [5.41, 5.74) is 0. The Morgan fingerprint density at radius 2 is 2.62 bits per heavy atom. The van der Waals surface area contributed by atoms with Crippen molar-refractivity contribution in [3.8, 4) is 0 Å². The van der Waals surface area contributed by atoms with E-state index in [1.165, 1.54) is 0 Å². The molecule has 8 heavy (non-hydrogen) atoms. The number of nitrogens with zero attached hydrogens (tertiary/aromatic N) is 1. The van der Waals surface area contributed by atoms with E-state index in [9.17, 15) is 0 Å². The van der Waals surface area contributed by atoms with Gasteiger partial charge in [-0.3, -0.25) is 0 Å². The van der Waals surface area contributed by atoms with Crippen LogP contribution in [0.4, 0.5) is 0 Å². The number of thiocarbonyl (C=S) groups is 1. The molecule has 0 amide bonds. The molecule has 1 rings (SSSR count). The third kappa shape index (κ3) is 1.37. The Balaban J connectivity index is 2.09. The van der Waals surface area contributed by atoms with Gasteiger partial charge >= 0.3 is 0 Å². The first kappa shape index (κ1) is 5.89. The van der Waals surface area contributed by atoms with Crippen molar-refractivity contribution in [1.82, 2.24) is 0 Å². The molecule has 2 nitrogen and oxygen atoms in total. The van der Waals surface area contributed by atoms with Crippen LogP contribution < -0.4 is 0 Å². The van der Waals surface area contributed by atoms with E-state index in [4.69, 9.17) is 4.74 Å². The van der Waals surface area contributed by atoms with E-state index in [0.29, 0.717) is 12.6 Å². The molecule has 0 aromatic heterocycles. The molecule has 3 heteroatoms. The molecule has 1 saturated heterocycles. The van der Waals surface area contributed by atoms with Gasteiger partial charge in [-0.1, -0.05) is 0 Å². The fourth-order valence-electron chi connectivity index (χ4n) is 0.568. The number of hydrogen-bond donors (Lipinski definition) is 0. The van der Waals surface area contributed by atoms with Crippen molar-refractivity contribution in [1.29, 1.82) is 0 Å². The zero-order valence-electron chi connectivity index (χ0n) is 4.46. The fraction of sp³-hybridized carbons (Fsp3) is 0.800. The molecule has 0 saturated carbocycles. The predicted octanol–water partition coefficient (Wildman–Crippen LogP) is 0.878. The van der Waals surface area contributed by atoms with E-state index in [1.54, 1.807) is 0 Å². The molecule has 0 radical (unpaired) electrons. The van der Waals surface area contributed by atoms with Crippen LogP contribution in [0, 0.1) is 0 Å². The Labute approximate surface area is 53.6 Å². The molecule has 44 valence electrons. The Morgan fingerprint density at radius 1 is 1.88 bits per heavy atom. The molecular formula is C5H7NOS. The van der Waals surface area contributed by atoms with E-state index in [1.807, 2.05) is 0 Å². The topological polar surface area (TPSA) is 21.6 Å². The van der Waals surface area contributed by atoms with Crippen molar-refractivity contribution in [2.75, 3.05) is 13.2 Å². The highest BCUT2D eigenvalue weighted by Crippen LogP contribution is 2.09. The van der Waals surface area contributed by atoms with Crippen molar-refractivity contribution in [3.63, 3.8) is 0 Å². The van der Waals surface area contributed by atoms with Crippen LogP contribution in [0.15, 0.2) is 4.99 Å². The van der Waals surface area contributed by atoms with Crippen molar-refractivity contribution < 1.29 is 4.74 Å². The maximum atomic E-state index is 5.05. The molecule has 1 heterocycles. The first-order valence-corrected chi connectivity index (χ1v) is 2.99. The summed E-state index contributed by atoms with van der Waals surface area (Å²) in [6.45, 7) is 1.58. The number of aliphatic imine (C=N–C) groups is 1. The lowest BCUT2D eigenvalue weighted by molar-refractivity contribution is -0.0431. The highest BCUT2D eigenvalue weighted by atomic mass is 32.1. The van der Waals surface area contributed by atoms with Gasteiger partial charge in [0.15, 0.2) is 0 Å². The van der Waals surface area contributed by atoms with Gasteiger partial charge in [0, 0.05) is 6.61 Å². The first-order chi connectivity index (χ1) is 3.93. The molecule has 0 aliphatic carbocycles. The second-order valence-corrected chi connectivity index (χ2v) is 1.90. The third-order valence-corrected chi connectivity index (χ3v) is 1.28. The summed E-state index contributed by atoms with van der Waals surface area (Å²) in [6.07, 6.45) is 1.46. The first-order valence-electron chi connectivity index (χ1n) is 2.58. The Bertz CT molecular complexity index is 116. The van der Waals surface area contributed by atoms with Gasteiger partial charge in [-0.15, -0.1) is 0 Å². The highest BCUT2D eigenvalue weighted by molar-refractivity contribution is 7.78. The van der Waals surface area contributed by atoms with Gasteiger partial charge in [-0.25, -0.2) is 4.99 Å². The van der Waals surface area contributed by atoms with Gasteiger partial charge in [0.05, 0.1) is 17.8 Å². The molecule has 1 aliphatic rings. The van der Waals surface area contributed by atoms with Gasteiger partial charge in [0.25, 0.3) is 0 Å². The Hall–Kier alpha value is -0.240. The largest absolute Gasteiger partial charge is 0.376 e. The normalized spacial score (nSPS) is 25.8. The van der Waals surface area contributed by atoms with Crippen molar-refractivity contribution in [3.05, 3.63) is 0 Å². The molecule has 0 spiro atoms. The average molecular weight is 129 g/mol. The lowest BCUT2D eigenvalue weighted by atomic mass is 10.2. The SMILES string of the molecule is S=C=NC[C@@H]1CCO1. The van der Waals surface area contributed by atoms with Crippen LogP contribution >= 0.6 is 12.2 Å². The second kappa shape index (κ2) is 2.92. The highest BCUT2D eigenvalue weighted by Gasteiger charge is 2.16.